The smallest absolute Gasteiger partial charge is 0.328 e. The summed E-state index contributed by atoms with van der Waals surface area (Å²) in [5, 5.41) is 2.97. The molecule has 0 saturated carbocycles. The predicted octanol–water partition coefficient (Wildman–Crippen LogP) is 4.04. The van der Waals surface area contributed by atoms with Gasteiger partial charge in [-0.3, -0.25) is 0 Å². The molecule has 3 nitrogen and oxygen atoms in total. The molecule has 0 aliphatic heterocycles. The fourth-order valence-corrected chi connectivity index (χ4v) is 1.94. The van der Waals surface area contributed by atoms with Crippen LogP contribution in [0.4, 0.5) is 10.1 Å². The molecule has 1 aromatic carbocycles. The Balaban J connectivity index is 2.80. The first-order valence-corrected chi connectivity index (χ1v) is 6.84. The van der Waals surface area contributed by atoms with E-state index >= 15 is 0 Å². The summed E-state index contributed by atoms with van der Waals surface area (Å²) in [4.78, 5) is 11.8. The van der Waals surface area contributed by atoms with E-state index < -0.39 is 11.6 Å². The van der Waals surface area contributed by atoms with Crippen LogP contribution in [0.15, 0.2) is 16.6 Å². The van der Waals surface area contributed by atoms with Crippen LogP contribution in [0, 0.1) is 12.7 Å². The van der Waals surface area contributed by atoms with Crippen LogP contribution in [0.5, 0.6) is 0 Å². The summed E-state index contributed by atoms with van der Waals surface area (Å²) >= 11 is 3.12. The van der Waals surface area contributed by atoms with Gasteiger partial charge < -0.3 is 10.1 Å². The van der Waals surface area contributed by atoms with Gasteiger partial charge in [0.2, 0.25) is 0 Å². The first-order chi connectivity index (χ1) is 8.60. The minimum atomic E-state index is -0.543. The standard InChI is InChI=1S/C14H19BrFNO2/c1-8-6-10(15)11(16)7-12(8)17-9(2)13(18)19-14(3,4)5/h6-7,9,17H,1-5H3. The third-order valence-electron chi connectivity index (χ3n) is 2.40. The lowest BCUT2D eigenvalue weighted by atomic mass is 10.1. The molecule has 0 saturated heterocycles. The molecule has 0 amide bonds. The Kier molecular flexibility index (Phi) is 4.96. The van der Waals surface area contributed by atoms with Gasteiger partial charge in [0.05, 0.1) is 4.47 Å². The van der Waals surface area contributed by atoms with Crippen LogP contribution in [0.1, 0.15) is 33.3 Å². The molecule has 0 radical (unpaired) electrons. The fourth-order valence-electron chi connectivity index (χ4n) is 1.48. The van der Waals surface area contributed by atoms with Crippen molar-refractivity contribution < 1.29 is 13.9 Å². The quantitative estimate of drug-likeness (QED) is 0.849. The highest BCUT2D eigenvalue weighted by Gasteiger charge is 2.22. The largest absolute Gasteiger partial charge is 0.458 e. The lowest BCUT2D eigenvalue weighted by molar-refractivity contribution is -0.155. The second kappa shape index (κ2) is 5.90. The molecule has 0 heterocycles. The van der Waals surface area contributed by atoms with Crippen molar-refractivity contribution in [2.24, 2.45) is 0 Å². The molecular formula is C14H19BrFNO2. The van der Waals surface area contributed by atoms with Gasteiger partial charge in [0.25, 0.3) is 0 Å². The van der Waals surface area contributed by atoms with Crippen molar-refractivity contribution in [1.82, 2.24) is 0 Å². The zero-order valence-corrected chi connectivity index (χ0v) is 13.4. The van der Waals surface area contributed by atoms with Crippen LogP contribution in [-0.2, 0) is 9.53 Å². The second-order valence-corrected chi connectivity index (χ2v) is 6.34. The monoisotopic (exact) mass is 331 g/mol. The SMILES string of the molecule is Cc1cc(Br)c(F)cc1NC(C)C(=O)OC(C)(C)C. The van der Waals surface area contributed by atoms with Crippen LogP contribution in [0.3, 0.4) is 0 Å². The molecular weight excluding hydrogens is 313 g/mol. The maximum atomic E-state index is 13.5. The van der Waals surface area contributed by atoms with Crippen LogP contribution in [0.2, 0.25) is 0 Å². The van der Waals surface area contributed by atoms with Gasteiger partial charge in [0.15, 0.2) is 0 Å². The molecule has 0 aliphatic rings. The average Bonchev–Trinajstić information content (AvgIpc) is 2.23. The number of halogens is 2. The number of carbonyl (C=O) groups excluding carboxylic acids is 1. The first-order valence-electron chi connectivity index (χ1n) is 6.05. The van der Waals surface area contributed by atoms with E-state index in [1.807, 2.05) is 27.7 Å². The molecule has 0 aliphatic carbocycles. The summed E-state index contributed by atoms with van der Waals surface area (Å²) in [5.41, 5.74) is 0.898. The molecule has 0 fully saturated rings. The number of anilines is 1. The number of benzene rings is 1. The Morgan fingerprint density at radius 1 is 1.42 bits per heavy atom. The Morgan fingerprint density at radius 2 is 2.00 bits per heavy atom. The molecule has 0 spiro atoms. The van der Waals surface area contributed by atoms with Gasteiger partial charge in [-0.2, -0.15) is 0 Å². The van der Waals surface area contributed by atoms with E-state index in [0.29, 0.717) is 10.2 Å². The van der Waals surface area contributed by atoms with Gasteiger partial charge in [-0.25, -0.2) is 9.18 Å². The molecule has 1 aromatic rings. The highest BCUT2D eigenvalue weighted by Crippen LogP contribution is 2.24. The third-order valence-corrected chi connectivity index (χ3v) is 3.01. The van der Waals surface area contributed by atoms with Gasteiger partial charge in [-0.15, -0.1) is 0 Å². The van der Waals surface area contributed by atoms with Crippen LogP contribution in [-0.4, -0.2) is 17.6 Å². The number of hydrogen-bond acceptors (Lipinski definition) is 3. The van der Waals surface area contributed by atoms with Gasteiger partial charge in [0, 0.05) is 5.69 Å². The summed E-state index contributed by atoms with van der Waals surface area (Å²) in [6, 6.07) is 2.48. The van der Waals surface area contributed by atoms with Crippen molar-refractivity contribution in [3.63, 3.8) is 0 Å². The van der Waals surface area contributed by atoms with E-state index in [1.54, 1.807) is 13.0 Å². The molecule has 106 valence electrons. The van der Waals surface area contributed by atoms with E-state index in [4.69, 9.17) is 4.74 Å². The van der Waals surface area contributed by atoms with Crippen molar-refractivity contribution >= 4 is 27.6 Å². The maximum Gasteiger partial charge on any atom is 0.328 e. The number of nitrogens with one attached hydrogen (secondary N) is 1. The van der Waals surface area contributed by atoms with Crippen molar-refractivity contribution in [3.05, 3.63) is 28.0 Å². The highest BCUT2D eigenvalue weighted by molar-refractivity contribution is 9.10. The van der Waals surface area contributed by atoms with Gasteiger partial charge in [0.1, 0.15) is 17.5 Å². The maximum absolute atomic E-state index is 13.5. The number of esters is 1. The van der Waals surface area contributed by atoms with Gasteiger partial charge in [-0.1, -0.05) is 0 Å². The molecule has 19 heavy (non-hydrogen) atoms. The number of rotatable bonds is 3. The molecule has 0 aromatic heterocycles. The highest BCUT2D eigenvalue weighted by atomic mass is 79.9. The van der Waals surface area contributed by atoms with E-state index in [-0.39, 0.29) is 11.8 Å². The lowest BCUT2D eigenvalue weighted by Gasteiger charge is -2.23. The van der Waals surface area contributed by atoms with E-state index in [9.17, 15) is 9.18 Å². The molecule has 1 N–H and O–H groups in total. The Labute approximate surface area is 121 Å². The number of aryl methyl sites for hydroxylation is 1. The van der Waals surface area contributed by atoms with Gasteiger partial charge >= 0.3 is 5.97 Å². The van der Waals surface area contributed by atoms with Crippen molar-refractivity contribution in [3.8, 4) is 0 Å². The van der Waals surface area contributed by atoms with Gasteiger partial charge in [-0.05, 0) is 68.2 Å². The summed E-state index contributed by atoms with van der Waals surface area (Å²) in [5.74, 6) is -0.736. The molecule has 5 heteroatoms. The third kappa shape index (κ3) is 4.82. The lowest BCUT2D eigenvalue weighted by Crippen LogP contribution is -2.34. The summed E-state index contributed by atoms with van der Waals surface area (Å²) in [6.45, 7) is 8.95. The normalized spacial score (nSPS) is 13.0. The fraction of sp³-hybridized carbons (Fsp3) is 0.500. The predicted molar refractivity (Wildman–Crippen MR) is 77.8 cm³/mol. The van der Waals surface area contributed by atoms with Crippen molar-refractivity contribution in [2.45, 2.75) is 46.3 Å². The Bertz CT molecular complexity index is 483. The molecule has 1 rings (SSSR count). The first kappa shape index (κ1) is 16.0. The van der Waals surface area contributed by atoms with Crippen LogP contribution >= 0.6 is 15.9 Å². The zero-order valence-electron chi connectivity index (χ0n) is 11.8. The minimum Gasteiger partial charge on any atom is -0.458 e. The summed E-state index contributed by atoms with van der Waals surface area (Å²) in [6.07, 6.45) is 0. The second-order valence-electron chi connectivity index (χ2n) is 5.48. The zero-order chi connectivity index (χ0) is 14.8. The Hall–Kier alpha value is -1.10. The summed E-state index contributed by atoms with van der Waals surface area (Å²) < 4.78 is 19.1. The average molecular weight is 332 g/mol. The Morgan fingerprint density at radius 3 is 2.53 bits per heavy atom. The van der Waals surface area contributed by atoms with E-state index in [2.05, 4.69) is 21.2 Å². The van der Waals surface area contributed by atoms with E-state index in [0.717, 1.165) is 5.56 Å². The topological polar surface area (TPSA) is 38.3 Å². The van der Waals surface area contributed by atoms with Crippen LogP contribution in [0.25, 0.3) is 0 Å². The molecule has 1 atom stereocenters. The number of ether oxygens (including phenoxy) is 1. The van der Waals surface area contributed by atoms with E-state index in [1.165, 1.54) is 6.07 Å². The van der Waals surface area contributed by atoms with Crippen LogP contribution < -0.4 is 5.32 Å². The molecule has 1 unspecified atom stereocenters. The van der Waals surface area contributed by atoms with Crippen molar-refractivity contribution in [2.75, 3.05) is 5.32 Å². The summed E-state index contributed by atoms with van der Waals surface area (Å²) in [7, 11) is 0. The number of hydrogen-bond donors (Lipinski definition) is 1. The molecule has 0 bridgehead atoms. The minimum absolute atomic E-state index is 0.366. The number of carbonyl (C=O) groups is 1. The van der Waals surface area contributed by atoms with Crippen molar-refractivity contribution in [1.29, 1.82) is 0 Å².